The second-order valence-corrected chi connectivity index (χ2v) is 6.61. The molecule has 0 aliphatic carbocycles. The second kappa shape index (κ2) is 9.09. The SMILES string of the molecule is COc1cc(Nc2nncc(Nc3ccc(C(C)C)cc3)n2)cc(OC)c1OC. The first-order chi connectivity index (χ1) is 14.0. The highest BCUT2D eigenvalue weighted by Crippen LogP contribution is 2.40. The molecule has 0 aliphatic heterocycles. The number of aromatic nitrogens is 3. The third-order valence-electron chi connectivity index (χ3n) is 4.33. The third kappa shape index (κ3) is 4.84. The summed E-state index contributed by atoms with van der Waals surface area (Å²) in [5, 5.41) is 14.4. The summed E-state index contributed by atoms with van der Waals surface area (Å²) in [6.07, 6.45) is 1.57. The van der Waals surface area contributed by atoms with Gasteiger partial charge in [-0.3, -0.25) is 0 Å². The van der Waals surface area contributed by atoms with Crippen LogP contribution in [0, 0.1) is 0 Å². The summed E-state index contributed by atoms with van der Waals surface area (Å²) in [6, 6.07) is 11.8. The van der Waals surface area contributed by atoms with Crippen LogP contribution in [0.2, 0.25) is 0 Å². The number of nitrogens with one attached hydrogen (secondary N) is 2. The number of nitrogens with zero attached hydrogens (tertiary/aromatic N) is 3. The molecule has 0 aliphatic rings. The van der Waals surface area contributed by atoms with E-state index in [0.29, 0.717) is 40.6 Å². The highest BCUT2D eigenvalue weighted by atomic mass is 16.5. The van der Waals surface area contributed by atoms with E-state index in [1.165, 1.54) is 5.56 Å². The number of benzene rings is 2. The predicted octanol–water partition coefficient (Wildman–Crippen LogP) is 4.51. The Morgan fingerprint density at radius 2 is 1.48 bits per heavy atom. The first-order valence-electron chi connectivity index (χ1n) is 9.17. The van der Waals surface area contributed by atoms with Crippen LogP contribution < -0.4 is 24.8 Å². The van der Waals surface area contributed by atoms with Crippen molar-refractivity contribution in [2.75, 3.05) is 32.0 Å². The minimum Gasteiger partial charge on any atom is -0.493 e. The first-order valence-corrected chi connectivity index (χ1v) is 9.17. The quantitative estimate of drug-likeness (QED) is 0.576. The van der Waals surface area contributed by atoms with Crippen molar-refractivity contribution in [2.24, 2.45) is 0 Å². The maximum absolute atomic E-state index is 5.37. The number of hydrogen-bond donors (Lipinski definition) is 2. The smallest absolute Gasteiger partial charge is 0.249 e. The molecular formula is C21H25N5O3. The van der Waals surface area contributed by atoms with Crippen molar-refractivity contribution in [3.63, 3.8) is 0 Å². The molecule has 0 saturated carbocycles. The molecule has 8 heteroatoms. The van der Waals surface area contributed by atoms with Crippen LogP contribution in [-0.2, 0) is 0 Å². The van der Waals surface area contributed by atoms with E-state index in [0.717, 1.165) is 5.69 Å². The van der Waals surface area contributed by atoms with Gasteiger partial charge in [0, 0.05) is 23.5 Å². The molecule has 0 fully saturated rings. The molecular weight excluding hydrogens is 370 g/mol. The highest BCUT2D eigenvalue weighted by Gasteiger charge is 2.14. The van der Waals surface area contributed by atoms with Gasteiger partial charge in [-0.15, -0.1) is 5.10 Å². The molecule has 0 atom stereocenters. The largest absolute Gasteiger partial charge is 0.493 e. The lowest BCUT2D eigenvalue weighted by atomic mass is 10.0. The molecule has 0 bridgehead atoms. The zero-order chi connectivity index (χ0) is 20.8. The summed E-state index contributed by atoms with van der Waals surface area (Å²) in [7, 11) is 4.69. The summed E-state index contributed by atoms with van der Waals surface area (Å²) in [5.74, 6) is 2.97. The number of methoxy groups -OCH3 is 3. The Hall–Kier alpha value is -3.55. The summed E-state index contributed by atoms with van der Waals surface area (Å²) in [5.41, 5.74) is 2.88. The van der Waals surface area contributed by atoms with E-state index in [1.807, 2.05) is 12.1 Å². The molecule has 0 radical (unpaired) electrons. The van der Waals surface area contributed by atoms with E-state index in [-0.39, 0.29) is 0 Å². The standard InChI is InChI=1S/C21H25N5O3/c1-13(2)14-6-8-15(9-7-14)23-19-12-22-26-21(25-19)24-16-10-17(27-3)20(29-5)18(11-16)28-4/h6-13H,1-5H3,(H2,23,24,25,26). The minimum atomic E-state index is 0.336. The van der Waals surface area contributed by atoms with Crippen molar-refractivity contribution in [1.82, 2.24) is 15.2 Å². The lowest BCUT2D eigenvalue weighted by Gasteiger charge is -2.14. The maximum Gasteiger partial charge on any atom is 0.249 e. The Balaban J connectivity index is 1.79. The molecule has 1 aromatic heterocycles. The highest BCUT2D eigenvalue weighted by molar-refractivity contribution is 5.66. The molecule has 1 heterocycles. The van der Waals surface area contributed by atoms with Crippen molar-refractivity contribution in [3.8, 4) is 17.2 Å². The second-order valence-electron chi connectivity index (χ2n) is 6.61. The monoisotopic (exact) mass is 395 g/mol. The summed E-state index contributed by atoms with van der Waals surface area (Å²) in [6.45, 7) is 4.33. The van der Waals surface area contributed by atoms with Crippen LogP contribution in [0.3, 0.4) is 0 Å². The first kappa shape index (κ1) is 20.2. The van der Waals surface area contributed by atoms with Gasteiger partial charge in [-0.2, -0.15) is 10.1 Å². The fraction of sp³-hybridized carbons (Fsp3) is 0.286. The number of ether oxygens (including phenoxy) is 3. The van der Waals surface area contributed by atoms with Gasteiger partial charge in [0.25, 0.3) is 0 Å². The van der Waals surface area contributed by atoms with Gasteiger partial charge in [0.2, 0.25) is 11.7 Å². The predicted molar refractivity (Wildman–Crippen MR) is 113 cm³/mol. The zero-order valence-corrected chi connectivity index (χ0v) is 17.2. The molecule has 2 N–H and O–H groups in total. The molecule has 3 rings (SSSR count). The Labute approximate surface area is 170 Å². The van der Waals surface area contributed by atoms with Crippen LogP contribution in [0.5, 0.6) is 17.2 Å². The van der Waals surface area contributed by atoms with Crippen LogP contribution in [0.1, 0.15) is 25.3 Å². The number of anilines is 4. The van der Waals surface area contributed by atoms with Crippen LogP contribution in [0.25, 0.3) is 0 Å². The van der Waals surface area contributed by atoms with Crippen molar-refractivity contribution < 1.29 is 14.2 Å². The Kier molecular flexibility index (Phi) is 6.33. The topological polar surface area (TPSA) is 90.4 Å². The van der Waals surface area contributed by atoms with E-state index in [1.54, 1.807) is 39.7 Å². The molecule has 29 heavy (non-hydrogen) atoms. The van der Waals surface area contributed by atoms with E-state index in [4.69, 9.17) is 14.2 Å². The van der Waals surface area contributed by atoms with Crippen LogP contribution in [0.4, 0.5) is 23.1 Å². The van der Waals surface area contributed by atoms with Crippen molar-refractivity contribution >= 4 is 23.1 Å². The molecule has 2 aromatic carbocycles. The van der Waals surface area contributed by atoms with Gasteiger partial charge in [0.05, 0.1) is 27.5 Å². The van der Waals surface area contributed by atoms with Gasteiger partial charge in [-0.25, -0.2) is 0 Å². The zero-order valence-electron chi connectivity index (χ0n) is 17.2. The maximum atomic E-state index is 5.37. The van der Waals surface area contributed by atoms with Crippen molar-refractivity contribution in [3.05, 3.63) is 48.2 Å². The van der Waals surface area contributed by atoms with E-state index < -0.39 is 0 Å². The van der Waals surface area contributed by atoms with E-state index in [9.17, 15) is 0 Å². The van der Waals surface area contributed by atoms with Crippen LogP contribution in [0.15, 0.2) is 42.6 Å². The third-order valence-corrected chi connectivity index (χ3v) is 4.33. The summed E-state index contributed by atoms with van der Waals surface area (Å²) >= 11 is 0. The van der Waals surface area contributed by atoms with Crippen LogP contribution in [-0.4, -0.2) is 36.5 Å². The molecule has 8 nitrogen and oxygen atoms in total. The average Bonchev–Trinajstić information content (AvgIpc) is 2.73. The molecule has 0 saturated heterocycles. The van der Waals surface area contributed by atoms with Gasteiger partial charge < -0.3 is 24.8 Å². The summed E-state index contributed by atoms with van der Waals surface area (Å²) < 4.78 is 16.1. The minimum absolute atomic E-state index is 0.336. The number of rotatable bonds is 8. The van der Waals surface area contributed by atoms with Crippen LogP contribution >= 0.6 is 0 Å². The molecule has 0 unspecified atom stereocenters. The van der Waals surface area contributed by atoms with Gasteiger partial charge in [-0.05, 0) is 23.6 Å². The summed E-state index contributed by atoms with van der Waals surface area (Å²) in [4.78, 5) is 4.47. The number of hydrogen-bond acceptors (Lipinski definition) is 8. The lowest BCUT2D eigenvalue weighted by molar-refractivity contribution is 0.324. The fourth-order valence-electron chi connectivity index (χ4n) is 2.80. The molecule has 152 valence electrons. The molecule has 0 amide bonds. The van der Waals surface area contributed by atoms with Crippen molar-refractivity contribution in [1.29, 1.82) is 0 Å². The average molecular weight is 395 g/mol. The lowest BCUT2D eigenvalue weighted by Crippen LogP contribution is -2.03. The fourth-order valence-corrected chi connectivity index (χ4v) is 2.80. The normalized spacial score (nSPS) is 10.6. The van der Waals surface area contributed by atoms with Gasteiger partial charge in [0.1, 0.15) is 0 Å². The van der Waals surface area contributed by atoms with Gasteiger partial charge >= 0.3 is 0 Å². The Bertz CT molecular complexity index is 936. The van der Waals surface area contributed by atoms with E-state index >= 15 is 0 Å². The molecule has 3 aromatic rings. The Morgan fingerprint density at radius 3 is 2.03 bits per heavy atom. The molecule has 0 spiro atoms. The van der Waals surface area contributed by atoms with Gasteiger partial charge in [0.15, 0.2) is 17.3 Å². The van der Waals surface area contributed by atoms with Crippen molar-refractivity contribution in [2.45, 2.75) is 19.8 Å². The van der Waals surface area contributed by atoms with E-state index in [2.05, 4.69) is 51.8 Å². The Morgan fingerprint density at radius 1 is 0.828 bits per heavy atom. The van der Waals surface area contributed by atoms with Gasteiger partial charge in [-0.1, -0.05) is 26.0 Å².